The molecule has 3 aromatic rings. The average Bonchev–Trinajstić information content (AvgIpc) is 3.36. The molecule has 9 heteroatoms. The van der Waals surface area contributed by atoms with Gasteiger partial charge in [0.25, 0.3) is 5.91 Å². The van der Waals surface area contributed by atoms with Crippen molar-refractivity contribution in [2.24, 2.45) is 5.92 Å². The first-order valence-corrected chi connectivity index (χ1v) is 13.7. The molecule has 1 saturated heterocycles. The number of aliphatic hydroxyl groups is 1. The van der Waals surface area contributed by atoms with Gasteiger partial charge in [-0.3, -0.25) is 4.79 Å². The van der Waals surface area contributed by atoms with Crippen LogP contribution in [0.1, 0.15) is 52.9 Å². The largest absolute Gasteiger partial charge is 0.465 e. The third-order valence-corrected chi connectivity index (χ3v) is 7.76. The maximum Gasteiger partial charge on any atom is 0.404 e. The van der Waals surface area contributed by atoms with Gasteiger partial charge in [-0.25, -0.2) is 4.79 Å². The van der Waals surface area contributed by atoms with Crippen LogP contribution in [0.2, 0.25) is 5.02 Å². The van der Waals surface area contributed by atoms with Gasteiger partial charge in [0.15, 0.2) is 0 Å². The highest BCUT2D eigenvalue weighted by Crippen LogP contribution is 2.46. The third kappa shape index (κ3) is 6.64. The van der Waals surface area contributed by atoms with Crippen molar-refractivity contribution in [1.82, 2.24) is 15.5 Å². The van der Waals surface area contributed by atoms with Gasteiger partial charge in [-0.15, -0.1) is 0 Å². The molecule has 1 aliphatic heterocycles. The summed E-state index contributed by atoms with van der Waals surface area (Å²) in [5, 5.41) is 27.5. The first-order chi connectivity index (χ1) is 18.7. The molecule has 208 valence electrons. The van der Waals surface area contributed by atoms with E-state index in [2.05, 4.69) is 10.6 Å². The summed E-state index contributed by atoms with van der Waals surface area (Å²) >= 11 is 6.69. The Hall–Kier alpha value is -3.33. The summed E-state index contributed by atoms with van der Waals surface area (Å²) < 4.78 is 5.92. The molecule has 0 aliphatic carbocycles. The van der Waals surface area contributed by atoms with Crippen molar-refractivity contribution in [1.29, 1.82) is 0 Å². The minimum Gasteiger partial charge on any atom is -0.465 e. The normalized spacial score (nSPS) is 17.0. The van der Waals surface area contributed by atoms with Gasteiger partial charge in [0, 0.05) is 43.2 Å². The van der Waals surface area contributed by atoms with Gasteiger partial charge in [-0.05, 0) is 81.1 Å². The molecule has 39 heavy (non-hydrogen) atoms. The van der Waals surface area contributed by atoms with Crippen molar-refractivity contribution in [3.63, 3.8) is 0 Å². The molecular weight excluding hydrogens is 518 g/mol. The Bertz CT molecular complexity index is 1290. The lowest BCUT2D eigenvalue weighted by atomic mass is 9.72. The molecule has 4 N–H and O–H groups in total. The molecule has 4 rings (SSSR count). The van der Waals surface area contributed by atoms with Crippen molar-refractivity contribution in [3.05, 3.63) is 82.1 Å². The minimum atomic E-state index is -1.38. The van der Waals surface area contributed by atoms with E-state index < -0.39 is 11.7 Å². The van der Waals surface area contributed by atoms with Crippen molar-refractivity contribution in [2.45, 2.75) is 44.8 Å². The second-order valence-electron chi connectivity index (χ2n) is 10.2. The van der Waals surface area contributed by atoms with E-state index in [1.54, 1.807) is 12.1 Å². The number of likely N-dealkylation sites (tertiary alicyclic amines) is 1. The lowest BCUT2D eigenvalue weighted by Crippen LogP contribution is -2.48. The molecule has 0 spiro atoms. The predicted octanol–water partition coefficient (Wildman–Crippen LogP) is 5.42. The molecule has 2 atom stereocenters. The molecule has 0 bridgehead atoms. The number of piperidine rings is 1. The smallest absolute Gasteiger partial charge is 0.404 e. The topological polar surface area (TPSA) is 115 Å². The number of benzene rings is 2. The van der Waals surface area contributed by atoms with Gasteiger partial charge < -0.3 is 30.2 Å². The van der Waals surface area contributed by atoms with E-state index in [1.807, 2.05) is 61.3 Å². The highest BCUT2D eigenvalue weighted by Gasteiger charge is 2.43. The number of rotatable bonds is 10. The van der Waals surface area contributed by atoms with E-state index in [0.29, 0.717) is 53.4 Å². The van der Waals surface area contributed by atoms with E-state index >= 15 is 0 Å². The zero-order chi connectivity index (χ0) is 28.0. The maximum absolute atomic E-state index is 13.5. The van der Waals surface area contributed by atoms with Crippen LogP contribution in [-0.4, -0.2) is 53.8 Å². The standard InChI is InChI=1S/C30H36ClN3O5/c1-20-9-14-26(39-20)27-24(7-3-8-25(27)31)30(38,15-5-16-33-29(36)37)23-6-4-17-34(19-23)28(35)22-12-10-21(11-13-22)18-32-2/h3,7-14,23,32-33,38H,4-6,15-19H2,1-2H3,(H,36,37). The van der Waals surface area contributed by atoms with Crippen LogP contribution in [0.3, 0.4) is 0 Å². The zero-order valence-corrected chi connectivity index (χ0v) is 23.1. The van der Waals surface area contributed by atoms with Crippen LogP contribution in [0.4, 0.5) is 4.79 Å². The Morgan fingerprint density at radius 3 is 2.59 bits per heavy atom. The summed E-state index contributed by atoms with van der Waals surface area (Å²) in [5.74, 6) is 0.913. The van der Waals surface area contributed by atoms with Gasteiger partial charge in [0.05, 0.1) is 10.6 Å². The molecule has 2 aromatic carbocycles. The molecule has 8 nitrogen and oxygen atoms in total. The number of hydrogen-bond donors (Lipinski definition) is 4. The van der Waals surface area contributed by atoms with Crippen molar-refractivity contribution >= 4 is 23.6 Å². The van der Waals surface area contributed by atoms with Crippen molar-refractivity contribution in [2.75, 3.05) is 26.7 Å². The number of carbonyl (C=O) groups excluding carboxylic acids is 1. The van der Waals surface area contributed by atoms with Crippen molar-refractivity contribution < 1.29 is 24.2 Å². The van der Waals surface area contributed by atoms with Gasteiger partial charge >= 0.3 is 6.09 Å². The van der Waals surface area contributed by atoms with Gasteiger partial charge in [0.2, 0.25) is 0 Å². The Morgan fingerprint density at radius 2 is 1.92 bits per heavy atom. The molecule has 1 fully saturated rings. The van der Waals surface area contributed by atoms with E-state index in [4.69, 9.17) is 21.1 Å². The number of amides is 2. The lowest BCUT2D eigenvalue weighted by molar-refractivity contribution is -0.0563. The van der Waals surface area contributed by atoms with Crippen LogP contribution in [0.25, 0.3) is 11.3 Å². The number of furan rings is 1. The number of nitrogens with zero attached hydrogens (tertiary/aromatic N) is 1. The second kappa shape index (κ2) is 12.7. The maximum atomic E-state index is 13.5. The fourth-order valence-corrected chi connectivity index (χ4v) is 5.79. The van der Waals surface area contributed by atoms with Crippen LogP contribution >= 0.6 is 11.6 Å². The Balaban J connectivity index is 1.66. The molecule has 1 aliphatic rings. The predicted molar refractivity (Wildman–Crippen MR) is 151 cm³/mol. The second-order valence-corrected chi connectivity index (χ2v) is 10.6. The van der Waals surface area contributed by atoms with Gasteiger partial charge in [-0.2, -0.15) is 0 Å². The van der Waals surface area contributed by atoms with Crippen LogP contribution in [0.5, 0.6) is 0 Å². The Kier molecular flexibility index (Phi) is 9.32. The lowest BCUT2D eigenvalue weighted by Gasteiger charge is -2.43. The Morgan fingerprint density at radius 1 is 1.15 bits per heavy atom. The zero-order valence-electron chi connectivity index (χ0n) is 22.4. The molecule has 2 unspecified atom stereocenters. The molecular formula is C30H36ClN3O5. The number of nitrogens with one attached hydrogen (secondary N) is 2. The van der Waals surface area contributed by atoms with E-state index in [9.17, 15) is 14.7 Å². The molecule has 1 aromatic heterocycles. The molecule has 0 radical (unpaired) electrons. The van der Waals surface area contributed by atoms with Crippen LogP contribution in [-0.2, 0) is 12.1 Å². The molecule has 2 amide bonds. The summed E-state index contributed by atoms with van der Waals surface area (Å²) in [4.78, 5) is 26.3. The highest BCUT2D eigenvalue weighted by atomic mass is 35.5. The molecule has 2 heterocycles. The SMILES string of the molecule is CNCc1ccc(C(=O)N2CCCC(C(O)(CCCNC(=O)O)c3cccc(Cl)c3-c3ccc(C)o3)C2)cc1. The monoisotopic (exact) mass is 553 g/mol. The summed E-state index contributed by atoms with van der Waals surface area (Å²) in [6, 6.07) is 16.7. The fourth-order valence-electron chi connectivity index (χ4n) is 5.52. The van der Waals surface area contributed by atoms with Gasteiger partial charge in [-0.1, -0.05) is 35.9 Å². The van der Waals surface area contributed by atoms with Gasteiger partial charge in [0.1, 0.15) is 11.5 Å². The van der Waals surface area contributed by atoms with E-state index in [0.717, 1.165) is 24.3 Å². The number of carbonyl (C=O) groups is 2. The number of hydrogen-bond acceptors (Lipinski definition) is 5. The van der Waals surface area contributed by atoms with E-state index in [-0.39, 0.29) is 24.8 Å². The first kappa shape index (κ1) is 28.7. The molecule has 0 saturated carbocycles. The number of aryl methyl sites for hydroxylation is 1. The number of carboxylic acid groups (broad SMARTS) is 1. The summed E-state index contributed by atoms with van der Waals surface area (Å²) in [7, 11) is 1.88. The summed E-state index contributed by atoms with van der Waals surface area (Å²) in [6.07, 6.45) is 1.02. The van der Waals surface area contributed by atoms with Crippen LogP contribution < -0.4 is 10.6 Å². The fraction of sp³-hybridized carbons (Fsp3) is 0.400. The van der Waals surface area contributed by atoms with Crippen molar-refractivity contribution in [3.8, 4) is 11.3 Å². The van der Waals surface area contributed by atoms with Crippen LogP contribution in [0.15, 0.2) is 59.0 Å². The number of halogens is 1. The third-order valence-electron chi connectivity index (χ3n) is 7.44. The summed E-state index contributed by atoms with van der Waals surface area (Å²) in [5.41, 5.74) is 1.56. The average molecular weight is 554 g/mol. The first-order valence-electron chi connectivity index (χ1n) is 13.3. The Labute approximate surface area is 234 Å². The van der Waals surface area contributed by atoms with E-state index in [1.165, 1.54) is 0 Å². The summed E-state index contributed by atoms with van der Waals surface area (Å²) in [6.45, 7) is 3.73. The van der Waals surface area contributed by atoms with Crippen LogP contribution in [0, 0.1) is 12.8 Å². The highest BCUT2D eigenvalue weighted by molar-refractivity contribution is 6.33. The minimum absolute atomic E-state index is 0.0708. The quantitative estimate of drug-likeness (QED) is 0.249.